The van der Waals surface area contributed by atoms with Gasteiger partial charge in [-0.3, -0.25) is 14.8 Å². The van der Waals surface area contributed by atoms with Crippen LogP contribution in [0, 0.1) is 5.92 Å². The van der Waals surface area contributed by atoms with E-state index in [9.17, 15) is 9.59 Å². The summed E-state index contributed by atoms with van der Waals surface area (Å²) in [6, 6.07) is -0.371. The van der Waals surface area contributed by atoms with E-state index in [0.717, 1.165) is 19.3 Å². The van der Waals surface area contributed by atoms with Crippen LogP contribution >= 0.6 is 0 Å². The molecule has 0 aromatic carbocycles. The van der Waals surface area contributed by atoms with Crippen LogP contribution in [-0.2, 0) is 19.1 Å². The minimum Gasteiger partial charge on any atom is -0.352 e. The van der Waals surface area contributed by atoms with Crippen molar-refractivity contribution >= 4 is 11.8 Å². The second-order valence-electron chi connectivity index (χ2n) is 5.73. The van der Waals surface area contributed by atoms with Crippen LogP contribution in [-0.4, -0.2) is 42.1 Å². The minimum atomic E-state index is -0.793. The zero-order valence-corrected chi connectivity index (χ0v) is 12.4. The highest BCUT2D eigenvalue weighted by Crippen LogP contribution is 2.41. The van der Waals surface area contributed by atoms with E-state index in [2.05, 4.69) is 12.2 Å². The molecule has 2 unspecified atom stereocenters. The molecule has 1 saturated heterocycles. The fourth-order valence-electron chi connectivity index (χ4n) is 3.10. The highest BCUT2D eigenvalue weighted by molar-refractivity contribution is 5.81. The Hall–Kier alpha value is -1.18. The molecule has 0 radical (unpaired) electrons. The molecular formula is C14H24N2O5. The maximum absolute atomic E-state index is 11.9. The van der Waals surface area contributed by atoms with Crippen molar-refractivity contribution in [2.75, 3.05) is 13.2 Å². The Morgan fingerprint density at radius 2 is 1.95 bits per heavy atom. The summed E-state index contributed by atoms with van der Waals surface area (Å²) < 4.78 is 11.2. The number of hydroxylamine groups is 1. The van der Waals surface area contributed by atoms with Crippen LogP contribution in [0.15, 0.2) is 0 Å². The fraction of sp³-hybridized carbons (Fsp3) is 0.857. The van der Waals surface area contributed by atoms with E-state index in [-0.39, 0.29) is 11.9 Å². The molecule has 3 N–H and O–H groups in total. The van der Waals surface area contributed by atoms with Gasteiger partial charge in [-0.1, -0.05) is 19.8 Å². The molecule has 7 nitrogen and oxygen atoms in total. The lowest BCUT2D eigenvalue weighted by Crippen LogP contribution is -2.43. The van der Waals surface area contributed by atoms with Crippen LogP contribution in [0.25, 0.3) is 0 Å². The van der Waals surface area contributed by atoms with Crippen LogP contribution in [0.5, 0.6) is 0 Å². The summed E-state index contributed by atoms with van der Waals surface area (Å²) in [4.78, 5) is 23.7. The predicted octanol–water partition coefficient (Wildman–Crippen LogP) is 0.710. The topological polar surface area (TPSA) is 96.9 Å². The summed E-state index contributed by atoms with van der Waals surface area (Å²) in [5, 5.41) is 11.7. The second kappa shape index (κ2) is 7.20. The molecule has 2 amide bonds. The van der Waals surface area contributed by atoms with E-state index in [4.69, 9.17) is 14.7 Å². The first-order chi connectivity index (χ1) is 10.1. The molecule has 0 bridgehead atoms. The molecule has 1 heterocycles. The molecule has 1 aliphatic heterocycles. The zero-order chi connectivity index (χ0) is 15.3. The van der Waals surface area contributed by atoms with E-state index in [1.165, 1.54) is 0 Å². The summed E-state index contributed by atoms with van der Waals surface area (Å²) in [6.07, 6.45) is 4.13. The number of nitrogens with one attached hydrogen (secondary N) is 2. The van der Waals surface area contributed by atoms with Crippen LogP contribution in [0.2, 0.25) is 0 Å². The van der Waals surface area contributed by atoms with Crippen LogP contribution in [0.3, 0.4) is 0 Å². The Morgan fingerprint density at radius 3 is 2.57 bits per heavy atom. The molecule has 1 spiro atoms. The summed E-state index contributed by atoms with van der Waals surface area (Å²) in [6.45, 7) is 3.06. The van der Waals surface area contributed by atoms with Crippen molar-refractivity contribution in [2.24, 2.45) is 5.92 Å². The number of carbonyl (C=O) groups excluding carboxylic acids is 2. The maximum Gasteiger partial charge on any atom is 0.248 e. The lowest BCUT2D eigenvalue weighted by Gasteiger charge is -2.21. The van der Waals surface area contributed by atoms with Crippen molar-refractivity contribution < 1.29 is 24.3 Å². The Balaban J connectivity index is 1.94. The van der Waals surface area contributed by atoms with Gasteiger partial charge in [0, 0.05) is 25.3 Å². The number of rotatable bonds is 6. The summed E-state index contributed by atoms with van der Waals surface area (Å²) >= 11 is 0. The molecular weight excluding hydrogens is 276 g/mol. The largest absolute Gasteiger partial charge is 0.352 e. The van der Waals surface area contributed by atoms with E-state index in [0.29, 0.717) is 32.5 Å². The van der Waals surface area contributed by atoms with Crippen molar-refractivity contribution in [3.8, 4) is 0 Å². The van der Waals surface area contributed by atoms with Crippen LogP contribution in [0.4, 0.5) is 0 Å². The SMILES string of the molecule is CCCCCC(=O)NC1CC2(CC1C(=O)NO)OCCO2. The van der Waals surface area contributed by atoms with Crippen LogP contribution < -0.4 is 10.8 Å². The minimum absolute atomic E-state index is 0.0702. The number of carbonyl (C=O) groups is 2. The third-order valence-electron chi connectivity index (χ3n) is 4.16. The van der Waals surface area contributed by atoms with Gasteiger partial charge in [0.05, 0.1) is 19.1 Å². The van der Waals surface area contributed by atoms with E-state index < -0.39 is 17.6 Å². The average Bonchev–Trinajstić information content (AvgIpc) is 3.06. The third kappa shape index (κ3) is 3.93. The van der Waals surface area contributed by atoms with Crippen molar-refractivity contribution in [1.29, 1.82) is 0 Å². The molecule has 1 aliphatic carbocycles. The van der Waals surface area contributed by atoms with E-state index in [1.54, 1.807) is 5.48 Å². The lowest BCUT2D eigenvalue weighted by molar-refractivity contribution is -0.157. The molecule has 0 aromatic heterocycles. The lowest BCUT2D eigenvalue weighted by atomic mass is 10.0. The quantitative estimate of drug-likeness (QED) is 0.381. The van der Waals surface area contributed by atoms with Crippen LogP contribution in [0.1, 0.15) is 45.4 Å². The van der Waals surface area contributed by atoms with Gasteiger partial charge < -0.3 is 14.8 Å². The molecule has 2 atom stereocenters. The van der Waals surface area contributed by atoms with Gasteiger partial charge in [0.15, 0.2) is 5.79 Å². The molecule has 0 aromatic rings. The van der Waals surface area contributed by atoms with Gasteiger partial charge in [-0.2, -0.15) is 0 Å². The number of hydrogen-bond acceptors (Lipinski definition) is 5. The third-order valence-corrected chi connectivity index (χ3v) is 4.16. The molecule has 120 valence electrons. The van der Waals surface area contributed by atoms with Gasteiger partial charge in [-0.05, 0) is 6.42 Å². The highest BCUT2D eigenvalue weighted by atomic mass is 16.7. The molecule has 21 heavy (non-hydrogen) atoms. The zero-order valence-electron chi connectivity index (χ0n) is 12.4. The molecule has 2 aliphatic rings. The second-order valence-corrected chi connectivity index (χ2v) is 5.73. The summed E-state index contributed by atoms with van der Waals surface area (Å²) in [5.74, 6) is -1.91. The Kier molecular flexibility index (Phi) is 5.55. The Morgan fingerprint density at radius 1 is 1.24 bits per heavy atom. The first-order valence-electron chi connectivity index (χ1n) is 7.61. The van der Waals surface area contributed by atoms with Gasteiger partial charge in [-0.25, -0.2) is 5.48 Å². The van der Waals surface area contributed by atoms with Crippen molar-refractivity contribution in [3.63, 3.8) is 0 Å². The number of hydrogen-bond donors (Lipinski definition) is 3. The van der Waals surface area contributed by atoms with E-state index >= 15 is 0 Å². The summed E-state index contributed by atoms with van der Waals surface area (Å²) in [5.41, 5.74) is 1.67. The first-order valence-corrected chi connectivity index (χ1v) is 7.61. The normalized spacial score (nSPS) is 27.0. The smallest absolute Gasteiger partial charge is 0.248 e. The fourth-order valence-corrected chi connectivity index (χ4v) is 3.10. The molecule has 7 heteroatoms. The standard InChI is InChI=1S/C14H24N2O5/c1-2-3-4-5-12(17)15-11-9-14(20-6-7-21-14)8-10(11)13(18)16-19/h10-11,19H,2-9H2,1H3,(H,15,17)(H,16,18). The van der Waals surface area contributed by atoms with Crippen molar-refractivity contribution in [2.45, 2.75) is 57.3 Å². The highest BCUT2D eigenvalue weighted by Gasteiger charge is 2.52. The van der Waals surface area contributed by atoms with Gasteiger partial charge in [0.1, 0.15) is 0 Å². The van der Waals surface area contributed by atoms with Gasteiger partial charge in [0.25, 0.3) is 0 Å². The molecule has 2 rings (SSSR count). The van der Waals surface area contributed by atoms with Crippen molar-refractivity contribution in [1.82, 2.24) is 10.8 Å². The first kappa shape index (κ1) is 16.2. The van der Waals surface area contributed by atoms with Crippen molar-refractivity contribution in [3.05, 3.63) is 0 Å². The van der Waals surface area contributed by atoms with Gasteiger partial charge in [-0.15, -0.1) is 0 Å². The van der Waals surface area contributed by atoms with E-state index in [1.807, 2.05) is 0 Å². The number of unbranched alkanes of at least 4 members (excludes halogenated alkanes) is 2. The molecule has 1 saturated carbocycles. The number of ether oxygens (including phenoxy) is 2. The maximum atomic E-state index is 11.9. The monoisotopic (exact) mass is 300 g/mol. The van der Waals surface area contributed by atoms with Gasteiger partial charge >= 0.3 is 0 Å². The Bertz CT molecular complexity index is 382. The molecule has 2 fully saturated rings. The number of amides is 2. The Labute approximate surface area is 124 Å². The average molecular weight is 300 g/mol. The summed E-state index contributed by atoms with van der Waals surface area (Å²) in [7, 11) is 0. The van der Waals surface area contributed by atoms with Gasteiger partial charge in [0.2, 0.25) is 11.8 Å². The predicted molar refractivity (Wildman–Crippen MR) is 73.4 cm³/mol.